The van der Waals surface area contributed by atoms with E-state index in [2.05, 4.69) is 21.9 Å². The van der Waals surface area contributed by atoms with Crippen LogP contribution < -0.4 is 11.3 Å². The van der Waals surface area contributed by atoms with Gasteiger partial charge in [-0.05, 0) is 31.8 Å². The fourth-order valence-corrected chi connectivity index (χ4v) is 2.57. The van der Waals surface area contributed by atoms with Crippen molar-refractivity contribution in [2.45, 2.75) is 26.2 Å². The first-order valence-corrected chi connectivity index (χ1v) is 6.20. The van der Waals surface area contributed by atoms with Crippen molar-refractivity contribution in [3.63, 3.8) is 0 Å². The van der Waals surface area contributed by atoms with Crippen molar-refractivity contribution in [1.82, 2.24) is 10.4 Å². The predicted octanol–water partition coefficient (Wildman–Crippen LogP) is 1.62. The smallest absolute Gasteiger partial charge is 0.237 e. The number of nitrogens with two attached hydrogens (primary N) is 1. The number of hydrazine groups is 1. The lowest BCUT2D eigenvalue weighted by Gasteiger charge is -2.19. The number of hydrogen-bond donors (Lipinski definition) is 2. The molecule has 1 heterocycles. The highest BCUT2D eigenvalue weighted by Crippen LogP contribution is 2.30. The molecule has 1 aromatic rings. The lowest BCUT2D eigenvalue weighted by molar-refractivity contribution is -0.125. The standard InChI is InChI=1S/C11H15N3OS/c1-7-13-10(6-16-7)8-2-4-9(5-3-8)11(15)14-12/h2,6,9H,3-5,12H2,1H3,(H,14,15). The monoisotopic (exact) mass is 237 g/mol. The van der Waals surface area contributed by atoms with Crippen LogP contribution in [0.1, 0.15) is 30.0 Å². The van der Waals surface area contributed by atoms with Gasteiger partial charge in [-0.1, -0.05) is 6.08 Å². The van der Waals surface area contributed by atoms with Crippen LogP contribution in [-0.2, 0) is 4.79 Å². The van der Waals surface area contributed by atoms with Gasteiger partial charge in [0.05, 0.1) is 10.7 Å². The zero-order valence-electron chi connectivity index (χ0n) is 9.19. The first kappa shape index (κ1) is 11.3. The van der Waals surface area contributed by atoms with E-state index in [1.54, 1.807) is 11.3 Å². The first-order valence-electron chi connectivity index (χ1n) is 5.32. The number of allylic oxidation sites excluding steroid dienone is 2. The number of rotatable bonds is 2. The molecule has 0 saturated heterocycles. The number of carbonyl (C=O) groups excluding carboxylic acids is 1. The van der Waals surface area contributed by atoms with E-state index in [-0.39, 0.29) is 11.8 Å². The minimum atomic E-state index is -0.0650. The molecule has 2 rings (SSSR count). The third-order valence-electron chi connectivity index (χ3n) is 2.87. The summed E-state index contributed by atoms with van der Waals surface area (Å²) < 4.78 is 0. The van der Waals surface area contributed by atoms with Crippen molar-refractivity contribution < 1.29 is 4.79 Å². The van der Waals surface area contributed by atoms with E-state index in [0.717, 1.165) is 30.0 Å². The van der Waals surface area contributed by atoms with E-state index >= 15 is 0 Å². The Kier molecular flexibility index (Phi) is 3.36. The number of nitrogens with one attached hydrogen (secondary N) is 1. The molecular formula is C11H15N3OS. The normalized spacial score (nSPS) is 20.4. The molecule has 4 nitrogen and oxygen atoms in total. The van der Waals surface area contributed by atoms with Crippen LogP contribution in [0, 0.1) is 12.8 Å². The van der Waals surface area contributed by atoms with Crippen LogP contribution in [0.4, 0.5) is 0 Å². The maximum absolute atomic E-state index is 11.3. The summed E-state index contributed by atoms with van der Waals surface area (Å²) >= 11 is 1.66. The van der Waals surface area contributed by atoms with Crippen LogP contribution in [0.15, 0.2) is 11.5 Å². The van der Waals surface area contributed by atoms with E-state index < -0.39 is 0 Å². The molecular weight excluding hydrogens is 222 g/mol. The van der Waals surface area contributed by atoms with Gasteiger partial charge >= 0.3 is 0 Å². The number of amides is 1. The highest BCUT2D eigenvalue weighted by Gasteiger charge is 2.21. The molecule has 0 bridgehead atoms. The molecule has 1 unspecified atom stereocenters. The Morgan fingerprint density at radius 3 is 3.00 bits per heavy atom. The van der Waals surface area contributed by atoms with Crippen LogP contribution in [0.5, 0.6) is 0 Å². The van der Waals surface area contributed by atoms with Gasteiger partial charge in [-0.15, -0.1) is 11.3 Å². The Hall–Kier alpha value is -1.20. The van der Waals surface area contributed by atoms with Crippen molar-refractivity contribution in [3.8, 4) is 0 Å². The van der Waals surface area contributed by atoms with Gasteiger partial charge in [-0.25, -0.2) is 10.8 Å². The molecule has 1 aromatic heterocycles. The van der Waals surface area contributed by atoms with E-state index in [0.29, 0.717) is 0 Å². The van der Waals surface area contributed by atoms with E-state index in [1.165, 1.54) is 5.57 Å². The fraction of sp³-hybridized carbons (Fsp3) is 0.455. The molecule has 16 heavy (non-hydrogen) atoms. The SMILES string of the molecule is Cc1nc(C2=CCC(C(=O)NN)CC2)cs1. The van der Waals surface area contributed by atoms with Crippen molar-refractivity contribution in [1.29, 1.82) is 0 Å². The molecule has 86 valence electrons. The Bertz CT molecular complexity index is 425. The van der Waals surface area contributed by atoms with Crippen LogP contribution >= 0.6 is 11.3 Å². The number of nitrogens with zero attached hydrogens (tertiary/aromatic N) is 1. The van der Waals surface area contributed by atoms with E-state index in [9.17, 15) is 4.79 Å². The number of carbonyl (C=O) groups is 1. The molecule has 1 atom stereocenters. The largest absolute Gasteiger partial charge is 0.294 e. The van der Waals surface area contributed by atoms with Gasteiger partial charge in [0.25, 0.3) is 0 Å². The van der Waals surface area contributed by atoms with Gasteiger partial charge in [0, 0.05) is 11.3 Å². The summed E-state index contributed by atoms with van der Waals surface area (Å²) in [7, 11) is 0. The molecule has 0 saturated carbocycles. The van der Waals surface area contributed by atoms with Crippen molar-refractivity contribution >= 4 is 22.8 Å². The Morgan fingerprint density at radius 1 is 1.69 bits per heavy atom. The summed E-state index contributed by atoms with van der Waals surface area (Å²) in [6.07, 6.45) is 4.62. The van der Waals surface area contributed by atoms with Crippen molar-refractivity contribution in [2.24, 2.45) is 11.8 Å². The summed E-state index contributed by atoms with van der Waals surface area (Å²) in [5, 5.41) is 3.16. The second kappa shape index (κ2) is 4.76. The Labute approximate surface area is 98.5 Å². The number of aryl methyl sites for hydroxylation is 1. The minimum Gasteiger partial charge on any atom is -0.294 e. The zero-order chi connectivity index (χ0) is 11.5. The fourth-order valence-electron chi connectivity index (χ4n) is 1.93. The molecule has 0 fully saturated rings. The van der Waals surface area contributed by atoms with Gasteiger partial charge in [-0.3, -0.25) is 10.2 Å². The van der Waals surface area contributed by atoms with Crippen molar-refractivity contribution in [3.05, 3.63) is 22.2 Å². The number of hydrogen-bond acceptors (Lipinski definition) is 4. The quantitative estimate of drug-likeness (QED) is 0.466. The third kappa shape index (κ3) is 2.31. The molecule has 1 aliphatic rings. The average molecular weight is 237 g/mol. The van der Waals surface area contributed by atoms with Crippen LogP contribution in [0.25, 0.3) is 5.57 Å². The summed E-state index contributed by atoms with van der Waals surface area (Å²) in [6.45, 7) is 2.00. The maximum atomic E-state index is 11.3. The summed E-state index contributed by atoms with van der Waals surface area (Å²) in [6, 6.07) is 0. The molecule has 5 heteroatoms. The lowest BCUT2D eigenvalue weighted by atomic mass is 9.88. The molecule has 0 aromatic carbocycles. The second-order valence-corrected chi connectivity index (χ2v) is 5.02. The average Bonchev–Trinajstić information content (AvgIpc) is 2.75. The molecule has 3 N–H and O–H groups in total. The topological polar surface area (TPSA) is 68.0 Å². The molecule has 1 aliphatic carbocycles. The summed E-state index contributed by atoms with van der Waals surface area (Å²) in [4.78, 5) is 15.8. The van der Waals surface area contributed by atoms with Gasteiger partial charge in [0.1, 0.15) is 0 Å². The van der Waals surface area contributed by atoms with Gasteiger partial charge in [-0.2, -0.15) is 0 Å². The van der Waals surface area contributed by atoms with Gasteiger partial charge in [0.15, 0.2) is 0 Å². The Balaban J connectivity index is 2.06. The molecule has 0 radical (unpaired) electrons. The van der Waals surface area contributed by atoms with Gasteiger partial charge < -0.3 is 0 Å². The zero-order valence-corrected chi connectivity index (χ0v) is 10.0. The highest BCUT2D eigenvalue weighted by molar-refractivity contribution is 7.09. The van der Waals surface area contributed by atoms with Gasteiger partial charge in [0.2, 0.25) is 5.91 Å². The molecule has 0 aliphatic heterocycles. The second-order valence-electron chi connectivity index (χ2n) is 3.96. The Morgan fingerprint density at radius 2 is 2.50 bits per heavy atom. The van der Waals surface area contributed by atoms with Crippen LogP contribution in [0.2, 0.25) is 0 Å². The van der Waals surface area contributed by atoms with Crippen LogP contribution in [-0.4, -0.2) is 10.9 Å². The summed E-state index contributed by atoms with van der Waals surface area (Å²) in [5.41, 5.74) is 4.53. The maximum Gasteiger partial charge on any atom is 0.237 e. The van der Waals surface area contributed by atoms with E-state index in [4.69, 9.17) is 5.84 Å². The van der Waals surface area contributed by atoms with Crippen LogP contribution in [0.3, 0.4) is 0 Å². The lowest BCUT2D eigenvalue weighted by Crippen LogP contribution is -2.36. The van der Waals surface area contributed by atoms with E-state index in [1.807, 2.05) is 6.92 Å². The minimum absolute atomic E-state index is 0.0217. The predicted molar refractivity (Wildman–Crippen MR) is 64.5 cm³/mol. The number of thiazole rings is 1. The molecule has 0 spiro atoms. The first-order chi connectivity index (χ1) is 7.70. The molecule has 1 amide bonds. The highest BCUT2D eigenvalue weighted by atomic mass is 32.1. The third-order valence-corrected chi connectivity index (χ3v) is 3.65. The van der Waals surface area contributed by atoms with Crippen molar-refractivity contribution in [2.75, 3.05) is 0 Å². The summed E-state index contributed by atoms with van der Waals surface area (Å²) in [5.74, 6) is 5.08. The number of aromatic nitrogens is 1.